The number of fused-ring (bicyclic) bond motifs is 1. The first kappa shape index (κ1) is 12.6. The molecule has 1 aromatic carbocycles. The summed E-state index contributed by atoms with van der Waals surface area (Å²) in [6.07, 6.45) is 6.37. The van der Waals surface area contributed by atoms with Gasteiger partial charge in [-0.3, -0.25) is 4.79 Å². The number of halogens is 1. The first-order valence-electron chi connectivity index (χ1n) is 7.08. The number of benzene rings is 1. The van der Waals surface area contributed by atoms with Crippen molar-refractivity contribution in [2.75, 3.05) is 11.9 Å². The number of amides is 1. The van der Waals surface area contributed by atoms with Gasteiger partial charge in [0.05, 0.1) is 0 Å². The third-order valence-corrected chi connectivity index (χ3v) is 4.18. The van der Waals surface area contributed by atoms with E-state index in [2.05, 4.69) is 10.6 Å². The fourth-order valence-electron chi connectivity index (χ4n) is 3.11. The highest BCUT2D eigenvalue weighted by Gasteiger charge is 2.31. The van der Waals surface area contributed by atoms with Crippen molar-refractivity contribution in [3.05, 3.63) is 29.6 Å². The van der Waals surface area contributed by atoms with E-state index in [9.17, 15) is 9.18 Å². The molecule has 3 rings (SSSR count). The van der Waals surface area contributed by atoms with E-state index in [0.29, 0.717) is 5.92 Å². The normalized spacial score (nSPS) is 23.2. The van der Waals surface area contributed by atoms with Gasteiger partial charge in [0, 0.05) is 11.3 Å². The second-order valence-electron chi connectivity index (χ2n) is 5.57. The first-order chi connectivity index (χ1) is 9.24. The van der Waals surface area contributed by atoms with Gasteiger partial charge in [0.1, 0.15) is 11.9 Å². The molecule has 1 aliphatic carbocycles. The molecule has 4 heteroatoms. The maximum Gasteiger partial charge on any atom is 0.246 e. The fraction of sp³-hybridized carbons (Fsp3) is 0.533. The number of carbonyl (C=O) groups excluding carboxylic acids is 1. The van der Waals surface area contributed by atoms with Crippen LogP contribution in [0, 0.1) is 11.7 Å². The SMILES string of the molecule is O=C1Nc2ccc(F)cc2C1NCC1CCCCC1. The van der Waals surface area contributed by atoms with Crippen LogP contribution < -0.4 is 10.6 Å². The van der Waals surface area contributed by atoms with Crippen LogP contribution >= 0.6 is 0 Å². The van der Waals surface area contributed by atoms with Gasteiger partial charge in [-0.15, -0.1) is 0 Å². The van der Waals surface area contributed by atoms with E-state index in [-0.39, 0.29) is 11.7 Å². The lowest BCUT2D eigenvalue weighted by molar-refractivity contribution is -0.117. The zero-order valence-corrected chi connectivity index (χ0v) is 10.9. The molecule has 0 bridgehead atoms. The molecule has 0 radical (unpaired) electrons. The molecule has 0 aromatic heterocycles. The smallest absolute Gasteiger partial charge is 0.246 e. The van der Waals surface area contributed by atoms with Gasteiger partial charge in [-0.05, 0) is 43.5 Å². The van der Waals surface area contributed by atoms with Gasteiger partial charge >= 0.3 is 0 Å². The number of hydrogen-bond donors (Lipinski definition) is 2. The summed E-state index contributed by atoms with van der Waals surface area (Å²) < 4.78 is 13.3. The minimum Gasteiger partial charge on any atom is -0.324 e. The summed E-state index contributed by atoms with van der Waals surface area (Å²) >= 11 is 0. The average Bonchev–Trinajstić information content (AvgIpc) is 2.73. The predicted molar refractivity (Wildman–Crippen MR) is 72.3 cm³/mol. The number of hydrogen-bond acceptors (Lipinski definition) is 2. The minimum absolute atomic E-state index is 0.0728. The van der Waals surface area contributed by atoms with Crippen LogP contribution in [0.1, 0.15) is 43.7 Å². The Hall–Kier alpha value is -1.42. The van der Waals surface area contributed by atoms with Crippen LogP contribution in [-0.2, 0) is 4.79 Å². The Kier molecular flexibility index (Phi) is 3.51. The molecule has 102 valence electrons. The highest BCUT2D eigenvalue weighted by molar-refractivity contribution is 6.02. The molecule has 0 saturated heterocycles. The maximum absolute atomic E-state index is 13.3. The Morgan fingerprint density at radius 1 is 1.26 bits per heavy atom. The third kappa shape index (κ3) is 2.63. The predicted octanol–water partition coefficient (Wildman–Crippen LogP) is 2.99. The van der Waals surface area contributed by atoms with E-state index in [1.54, 1.807) is 6.07 Å². The standard InChI is InChI=1S/C15H19FN2O/c16-11-6-7-13-12(8-11)14(15(19)18-13)17-9-10-4-2-1-3-5-10/h6-8,10,14,17H,1-5,9H2,(H,18,19). The van der Waals surface area contributed by atoms with Gasteiger partial charge in [-0.25, -0.2) is 4.39 Å². The van der Waals surface area contributed by atoms with E-state index >= 15 is 0 Å². The summed E-state index contributed by atoms with van der Waals surface area (Å²) in [5.74, 6) is 0.287. The largest absolute Gasteiger partial charge is 0.324 e. The van der Waals surface area contributed by atoms with Gasteiger partial charge in [0.15, 0.2) is 0 Å². The van der Waals surface area contributed by atoms with Gasteiger partial charge in [-0.1, -0.05) is 19.3 Å². The molecule has 3 nitrogen and oxygen atoms in total. The van der Waals surface area contributed by atoms with Gasteiger partial charge in [-0.2, -0.15) is 0 Å². The molecule has 2 N–H and O–H groups in total. The van der Waals surface area contributed by atoms with E-state index in [4.69, 9.17) is 0 Å². The lowest BCUT2D eigenvalue weighted by atomic mass is 9.89. The molecule has 1 heterocycles. The molecule has 2 aliphatic rings. The van der Waals surface area contributed by atoms with E-state index in [1.807, 2.05) is 0 Å². The first-order valence-corrected chi connectivity index (χ1v) is 7.08. The molecular formula is C15H19FN2O. The van der Waals surface area contributed by atoms with Crippen molar-refractivity contribution in [1.29, 1.82) is 0 Å². The quantitative estimate of drug-likeness (QED) is 0.879. The van der Waals surface area contributed by atoms with Crippen LogP contribution in [0.15, 0.2) is 18.2 Å². The maximum atomic E-state index is 13.3. The second-order valence-corrected chi connectivity index (χ2v) is 5.57. The molecule has 1 aromatic rings. The summed E-state index contributed by atoms with van der Waals surface area (Å²) in [6, 6.07) is 4.06. The van der Waals surface area contributed by atoms with Crippen LogP contribution in [0.4, 0.5) is 10.1 Å². The molecule has 19 heavy (non-hydrogen) atoms. The minimum atomic E-state index is -0.396. The molecule has 1 amide bonds. The number of rotatable bonds is 3. The van der Waals surface area contributed by atoms with Crippen LogP contribution in [0.25, 0.3) is 0 Å². The molecule has 1 aliphatic heterocycles. The molecule has 1 atom stereocenters. The Balaban J connectivity index is 1.67. The van der Waals surface area contributed by atoms with Gasteiger partial charge in [0.2, 0.25) is 5.91 Å². The van der Waals surface area contributed by atoms with Crippen LogP contribution in [-0.4, -0.2) is 12.5 Å². The molecule has 1 unspecified atom stereocenters. The Bertz CT molecular complexity index is 483. The number of carbonyl (C=O) groups is 1. The van der Waals surface area contributed by atoms with Crippen molar-refractivity contribution in [1.82, 2.24) is 5.32 Å². The summed E-state index contributed by atoms with van der Waals surface area (Å²) in [7, 11) is 0. The van der Waals surface area contributed by atoms with Crippen molar-refractivity contribution in [3.63, 3.8) is 0 Å². The lowest BCUT2D eigenvalue weighted by Crippen LogP contribution is -2.32. The van der Waals surface area contributed by atoms with Crippen molar-refractivity contribution >= 4 is 11.6 Å². The zero-order valence-electron chi connectivity index (χ0n) is 10.9. The molecule has 0 spiro atoms. The second kappa shape index (κ2) is 5.29. The van der Waals surface area contributed by atoms with Crippen molar-refractivity contribution in [3.8, 4) is 0 Å². The summed E-state index contributed by atoms with van der Waals surface area (Å²) in [6.45, 7) is 0.841. The van der Waals surface area contributed by atoms with Crippen molar-refractivity contribution in [2.24, 2.45) is 5.92 Å². The summed E-state index contributed by atoms with van der Waals surface area (Å²) in [5, 5.41) is 6.10. The topological polar surface area (TPSA) is 41.1 Å². The van der Waals surface area contributed by atoms with E-state index in [1.165, 1.54) is 44.2 Å². The Morgan fingerprint density at radius 3 is 2.84 bits per heavy atom. The Morgan fingerprint density at radius 2 is 2.05 bits per heavy atom. The molecule has 1 fully saturated rings. The lowest BCUT2D eigenvalue weighted by Gasteiger charge is -2.23. The van der Waals surface area contributed by atoms with E-state index < -0.39 is 6.04 Å². The zero-order chi connectivity index (χ0) is 13.2. The summed E-state index contributed by atoms with van der Waals surface area (Å²) in [5.41, 5.74) is 1.47. The number of nitrogens with one attached hydrogen (secondary N) is 2. The number of anilines is 1. The van der Waals surface area contributed by atoms with E-state index in [0.717, 1.165) is 17.8 Å². The molecular weight excluding hydrogens is 243 g/mol. The third-order valence-electron chi connectivity index (χ3n) is 4.18. The fourth-order valence-corrected chi connectivity index (χ4v) is 3.11. The Labute approximate surface area is 112 Å². The van der Waals surface area contributed by atoms with Crippen LogP contribution in [0.3, 0.4) is 0 Å². The highest BCUT2D eigenvalue weighted by atomic mass is 19.1. The van der Waals surface area contributed by atoms with Crippen LogP contribution in [0.2, 0.25) is 0 Å². The highest BCUT2D eigenvalue weighted by Crippen LogP contribution is 2.32. The van der Waals surface area contributed by atoms with Gasteiger partial charge in [0.25, 0.3) is 0 Å². The van der Waals surface area contributed by atoms with Crippen molar-refractivity contribution in [2.45, 2.75) is 38.1 Å². The van der Waals surface area contributed by atoms with Crippen LogP contribution in [0.5, 0.6) is 0 Å². The van der Waals surface area contributed by atoms with Gasteiger partial charge < -0.3 is 10.6 Å². The molecule has 1 saturated carbocycles. The monoisotopic (exact) mass is 262 g/mol. The summed E-state index contributed by atoms with van der Waals surface area (Å²) in [4.78, 5) is 11.9. The average molecular weight is 262 g/mol. The van der Waals surface area contributed by atoms with Crippen molar-refractivity contribution < 1.29 is 9.18 Å².